The first-order valence-corrected chi connectivity index (χ1v) is 8.35. The molecule has 0 unspecified atom stereocenters. The number of pyridine rings is 1. The van der Waals surface area contributed by atoms with Crippen LogP contribution in [0, 0.1) is 0 Å². The van der Waals surface area contributed by atoms with E-state index in [1.54, 1.807) is 13.2 Å². The summed E-state index contributed by atoms with van der Waals surface area (Å²) in [5.74, 6) is 0.605. The van der Waals surface area contributed by atoms with Crippen molar-refractivity contribution in [1.82, 2.24) is 15.0 Å². The van der Waals surface area contributed by atoms with Crippen LogP contribution >= 0.6 is 11.6 Å². The van der Waals surface area contributed by atoms with E-state index in [9.17, 15) is 0 Å². The molecule has 0 amide bonds. The lowest BCUT2D eigenvalue weighted by molar-refractivity contribution is 1.19. The van der Waals surface area contributed by atoms with Gasteiger partial charge in [-0.25, -0.2) is 15.0 Å². The summed E-state index contributed by atoms with van der Waals surface area (Å²) in [6, 6.07) is 8.09. The molecule has 0 aliphatic heterocycles. The molecule has 126 valence electrons. The summed E-state index contributed by atoms with van der Waals surface area (Å²) < 4.78 is 0. The van der Waals surface area contributed by atoms with Crippen molar-refractivity contribution in [3.8, 4) is 0 Å². The molecule has 0 aliphatic rings. The number of hydrogen-bond donors (Lipinski definition) is 1. The van der Waals surface area contributed by atoms with Crippen LogP contribution in [0.4, 0.5) is 5.95 Å². The average Bonchev–Trinajstić information content (AvgIpc) is 2.61. The lowest BCUT2D eigenvalue weighted by atomic mass is 9.96. The normalized spacial score (nSPS) is 13.0. The number of aromatic nitrogens is 3. The quantitative estimate of drug-likeness (QED) is 0.736. The van der Waals surface area contributed by atoms with Crippen LogP contribution in [0.1, 0.15) is 19.4 Å². The molecule has 3 rings (SSSR count). The van der Waals surface area contributed by atoms with Gasteiger partial charge in [-0.15, -0.1) is 0 Å². The van der Waals surface area contributed by atoms with Crippen LogP contribution < -0.4 is 15.8 Å². The Labute approximate surface area is 151 Å². The molecule has 0 atom stereocenters. The standard InChI is InChI=1S/C20H19ClN4/c1-5-15-16(8-9-23-19(15)21)18(12(2)3)13-6-7-17-14(10-13)11-24-20(22-4)25-17/h5-11H,2H2,1,3-4H3,(H,22,24,25)/b15-5+,18-16+. The van der Waals surface area contributed by atoms with Gasteiger partial charge in [-0.05, 0) is 54.0 Å². The SMILES string of the molecule is C=C(C)/C(c1ccc2nc(NC)ncc2c1)=c1/ccnc(Cl)/c1=C/C. The molecule has 0 bridgehead atoms. The molecule has 0 radical (unpaired) electrons. The lowest BCUT2D eigenvalue weighted by Gasteiger charge is -2.10. The molecule has 2 aromatic heterocycles. The van der Waals surface area contributed by atoms with Gasteiger partial charge in [0.25, 0.3) is 0 Å². The molecule has 0 saturated carbocycles. The summed E-state index contributed by atoms with van der Waals surface area (Å²) >= 11 is 6.28. The minimum Gasteiger partial charge on any atom is -0.357 e. The Kier molecular flexibility index (Phi) is 4.81. The molecule has 0 spiro atoms. The van der Waals surface area contributed by atoms with Gasteiger partial charge in [-0.1, -0.05) is 30.3 Å². The number of rotatable bonds is 3. The zero-order chi connectivity index (χ0) is 18.0. The van der Waals surface area contributed by atoms with Crippen LogP contribution in [0.2, 0.25) is 5.15 Å². The summed E-state index contributed by atoms with van der Waals surface area (Å²) in [7, 11) is 1.80. The highest BCUT2D eigenvalue weighted by molar-refractivity contribution is 6.29. The Hall–Kier alpha value is -2.72. The van der Waals surface area contributed by atoms with Gasteiger partial charge in [0, 0.05) is 30.0 Å². The van der Waals surface area contributed by atoms with Crippen LogP contribution in [-0.4, -0.2) is 22.0 Å². The largest absolute Gasteiger partial charge is 0.357 e. The average molecular weight is 351 g/mol. The van der Waals surface area contributed by atoms with Gasteiger partial charge in [-0.3, -0.25) is 0 Å². The molecule has 0 fully saturated rings. The van der Waals surface area contributed by atoms with Gasteiger partial charge in [-0.2, -0.15) is 0 Å². The summed E-state index contributed by atoms with van der Waals surface area (Å²) in [5.41, 5.74) is 3.93. The summed E-state index contributed by atoms with van der Waals surface area (Å²) in [6.07, 6.45) is 5.51. The van der Waals surface area contributed by atoms with Crippen molar-refractivity contribution in [2.45, 2.75) is 13.8 Å². The molecular weight excluding hydrogens is 332 g/mol. The molecule has 1 N–H and O–H groups in total. The molecule has 0 saturated heterocycles. The van der Waals surface area contributed by atoms with Crippen molar-refractivity contribution < 1.29 is 0 Å². The van der Waals surface area contributed by atoms with Crippen molar-refractivity contribution in [3.05, 3.63) is 70.0 Å². The fourth-order valence-corrected chi connectivity index (χ4v) is 3.15. The highest BCUT2D eigenvalue weighted by Crippen LogP contribution is 2.23. The number of anilines is 1. The number of halogens is 1. The third-order valence-electron chi connectivity index (χ3n) is 4.02. The highest BCUT2D eigenvalue weighted by atomic mass is 35.5. The fourth-order valence-electron chi connectivity index (χ4n) is 2.88. The van der Waals surface area contributed by atoms with E-state index in [0.717, 1.165) is 38.0 Å². The Balaban J connectivity index is 2.35. The van der Waals surface area contributed by atoms with E-state index in [4.69, 9.17) is 11.6 Å². The first-order chi connectivity index (χ1) is 12.0. The predicted molar refractivity (Wildman–Crippen MR) is 105 cm³/mol. The van der Waals surface area contributed by atoms with Crippen molar-refractivity contribution >= 4 is 40.1 Å². The molecule has 4 nitrogen and oxygen atoms in total. The first kappa shape index (κ1) is 17.1. The van der Waals surface area contributed by atoms with E-state index in [-0.39, 0.29) is 0 Å². The molecule has 2 heterocycles. The smallest absolute Gasteiger partial charge is 0.222 e. The van der Waals surface area contributed by atoms with Crippen LogP contribution in [0.3, 0.4) is 0 Å². The number of benzene rings is 1. The maximum absolute atomic E-state index is 6.28. The number of nitrogens with one attached hydrogen (secondary N) is 1. The molecular formula is C20H19ClN4. The Bertz CT molecular complexity index is 1090. The third kappa shape index (κ3) is 3.26. The van der Waals surface area contributed by atoms with E-state index < -0.39 is 0 Å². The van der Waals surface area contributed by atoms with Gasteiger partial charge in [0.1, 0.15) is 5.15 Å². The van der Waals surface area contributed by atoms with Gasteiger partial charge < -0.3 is 5.32 Å². The molecule has 5 heteroatoms. The van der Waals surface area contributed by atoms with Gasteiger partial charge in [0.2, 0.25) is 5.95 Å². The lowest BCUT2D eigenvalue weighted by Crippen LogP contribution is -2.29. The van der Waals surface area contributed by atoms with Crippen LogP contribution in [0.25, 0.3) is 22.6 Å². The third-order valence-corrected chi connectivity index (χ3v) is 4.32. The van der Waals surface area contributed by atoms with E-state index in [0.29, 0.717) is 11.1 Å². The Morgan fingerprint density at radius 1 is 1.24 bits per heavy atom. The second-order valence-electron chi connectivity index (χ2n) is 5.72. The zero-order valence-electron chi connectivity index (χ0n) is 14.5. The van der Waals surface area contributed by atoms with Crippen LogP contribution in [0.15, 0.2) is 48.8 Å². The second kappa shape index (κ2) is 7.03. The van der Waals surface area contributed by atoms with Gasteiger partial charge in [0.15, 0.2) is 0 Å². The van der Waals surface area contributed by atoms with Crippen molar-refractivity contribution in [2.75, 3.05) is 12.4 Å². The maximum Gasteiger partial charge on any atom is 0.222 e. The number of fused-ring (bicyclic) bond motifs is 1. The van der Waals surface area contributed by atoms with E-state index in [1.165, 1.54) is 0 Å². The molecule has 3 aromatic rings. The number of allylic oxidation sites excluding steroid dienone is 1. The van der Waals surface area contributed by atoms with E-state index >= 15 is 0 Å². The molecule has 0 aliphatic carbocycles. The Morgan fingerprint density at radius 2 is 2.04 bits per heavy atom. The molecule has 1 aromatic carbocycles. The minimum atomic E-state index is 0.488. The van der Waals surface area contributed by atoms with Crippen molar-refractivity contribution in [2.24, 2.45) is 0 Å². The second-order valence-corrected chi connectivity index (χ2v) is 6.08. The van der Waals surface area contributed by atoms with Crippen LogP contribution in [0.5, 0.6) is 0 Å². The van der Waals surface area contributed by atoms with Gasteiger partial charge >= 0.3 is 0 Å². The predicted octanol–water partition coefficient (Wildman–Crippen LogP) is 3.30. The van der Waals surface area contributed by atoms with E-state index in [1.807, 2.05) is 44.3 Å². The summed E-state index contributed by atoms with van der Waals surface area (Å²) in [6.45, 7) is 8.11. The Morgan fingerprint density at radius 3 is 2.72 bits per heavy atom. The van der Waals surface area contributed by atoms with Crippen molar-refractivity contribution in [3.63, 3.8) is 0 Å². The zero-order valence-corrected chi connectivity index (χ0v) is 15.2. The number of hydrogen-bond acceptors (Lipinski definition) is 4. The molecule has 25 heavy (non-hydrogen) atoms. The maximum atomic E-state index is 6.28. The summed E-state index contributed by atoms with van der Waals surface area (Å²) in [4.78, 5) is 12.9. The highest BCUT2D eigenvalue weighted by Gasteiger charge is 2.08. The number of nitrogens with zero attached hydrogens (tertiary/aromatic N) is 3. The summed E-state index contributed by atoms with van der Waals surface area (Å²) in [5, 5.41) is 6.33. The van der Waals surface area contributed by atoms with E-state index in [2.05, 4.69) is 32.9 Å². The van der Waals surface area contributed by atoms with Crippen LogP contribution in [-0.2, 0) is 0 Å². The minimum absolute atomic E-state index is 0.488. The fraction of sp³-hybridized carbons (Fsp3) is 0.150. The first-order valence-electron chi connectivity index (χ1n) is 7.97. The monoisotopic (exact) mass is 350 g/mol. The van der Waals surface area contributed by atoms with Crippen molar-refractivity contribution in [1.29, 1.82) is 0 Å². The topological polar surface area (TPSA) is 50.7 Å². The van der Waals surface area contributed by atoms with Gasteiger partial charge in [0.05, 0.1) is 5.52 Å².